The van der Waals surface area contributed by atoms with E-state index in [2.05, 4.69) is 20.4 Å². The average molecular weight is 389 g/mol. The molecule has 1 N–H and O–H groups in total. The van der Waals surface area contributed by atoms with E-state index in [9.17, 15) is 9.18 Å². The van der Waals surface area contributed by atoms with Gasteiger partial charge in [-0.2, -0.15) is 14.6 Å². The van der Waals surface area contributed by atoms with Crippen molar-refractivity contribution < 1.29 is 9.18 Å². The number of fused-ring (bicyclic) bond motifs is 1. The van der Waals surface area contributed by atoms with Crippen LogP contribution in [0.2, 0.25) is 0 Å². The summed E-state index contributed by atoms with van der Waals surface area (Å²) >= 11 is 0. The van der Waals surface area contributed by atoms with Crippen LogP contribution >= 0.6 is 0 Å². The van der Waals surface area contributed by atoms with E-state index in [1.807, 2.05) is 38.1 Å². The molecule has 4 rings (SSSR count). The van der Waals surface area contributed by atoms with Gasteiger partial charge in [0.2, 0.25) is 0 Å². The van der Waals surface area contributed by atoms with Gasteiger partial charge in [-0.15, -0.1) is 0 Å². The van der Waals surface area contributed by atoms with Crippen LogP contribution in [0.3, 0.4) is 0 Å². The molecule has 1 amide bonds. The molecule has 146 valence electrons. The molecule has 0 unspecified atom stereocenters. The van der Waals surface area contributed by atoms with E-state index < -0.39 is 0 Å². The number of halogens is 1. The van der Waals surface area contributed by atoms with Gasteiger partial charge >= 0.3 is 0 Å². The van der Waals surface area contributed by atoms with Crippen LogP contribution in [0.25, 0.3) is 17.0 Å². The molecule has 2 heterocycles. The number of benzene rings is 2. The minimum Gasteiger partial charge on any atom is -0.344 e. The molecule has 6 nitrogen and oxygen atoms in total. The minimum absolute atomic E-state index is 0.135. The Labute approximate surface area is 167 Å². The van der Waals surface area contributed by atoms with Crippen LogP contribution in [0.4, 0.5) is 4.39 Å². The van der Waals surface area contributed by atoms with Crippen LogP contribution in [0.15, 0.2) is 60.9 Å². The van der Waals surface area contributed by atoms with E-state index >= 15 is 0 Å². The molecule has 0 radical (unpaired) electrons. The van der Waals surface area contributed by atoms with Gasteiger partial charge in [0.05, 0.1) is 11.7 Å². The lowest BCUT2D eigenvalue weighted by molar-refractivity contribution is 0.0928. The summed E-state index contributed by atoms with van der Waals surface area (Å²) in [4.78, 5) is 21.7. The number of hydrogen-bond donors (Lipinski definition) is 1. The second-order valence-electron chi connectivity index (χ2n) is 6.85. The first-order valence-electron chi connectivity index (χ1n) is 9.39. The van der Waals surface area contributed by atoms with Gasteiger partial charge < -0.3 is 5.32 Å². The summed E-state index contributed by atoms with van der Waals surface area (Å²) in [5, 5.41) is 7.20. The van der Waals surface area contributed by atoms with Crippen LogP contribution in [0, 0.1) is 12.7 Å². The molecule has 0 aliphatic heterocycles. The van der Waals surface area contributed by atoms with E-state index in [4.69, 9.17) is 0 Å². The Bertz CT molecular complexity index is 1150. The maximum atomic E-state index is 13.3. The van der Waals surface area contributed by atoms with Crippen LogP contribution in [-0.2, 0) is 0 Å². The molecule has 29 heavy (non-hydrogen) atoms. The number of carbonyl (C=O) groups is 1. The largest absolute Gasteiger partial charge is 0.344 e. The summed E-state index contributed by atoms with van der Waals surface area (Å²) < 4.78 is 14.7. The second-order valence-corrected chi connectivity index (χ2v) is 6.85. The monoisotopic (exact) mass is 389 g/mol. The number of rotatable bonds is 5. The zero-order valence-electron chi connectivity index (χ0n) is 16.1. The van der Waals surface area contributed by atoms with Crippen molar-refractivity contribution in [1.29, 1.82) is 0 Å². The molecule has 0 aliphatic rings. The fourth-order valence-corrected chi connectivity index (χ4v) is 3.19. The van der Waals surface area contributed by atoms with Crippen molar-refractivity contribution in [1.82, 2.24) is 24.9 Å². The van der Waals surface area contributed by atoms with Crippen LogP contribution in [0.1, 0.15) is 41.0 Å². The van der Waals surface area contributed by atoms with Crippen molar-refractivity contribution in [3.05, 3.63) is 83.6 Å². The molecule has 1 atom stereocenters. The number of aryl methyl sites for hydroxylation is 1. The Kier molecular flexibility index (Phi) is 5.03. The van der Waals surface area contributed by atoms with Gasteiger partial charge in [-0.25, -0.2) is 9.37 Å². The molecule has 0 spiro atoms. The number of aromatic nitrogens is 4. The predicted molar refractivity (Wildman–Crippen MR) is 108 cm³/mol. The molecular weight excluding hydrogens is 369 g/mol. The van der Waals surface area contributed by atoms with Gasteiger partial charge in [0.1, 0.15) is 17.8 Å². The van der Waals surface area contributed by atoms with Gasteiger partial charge in [-0.1, -0.05) is 36.8 Å². The van der Waals surface area contributed by atoms with Gasteiger partial charge in [0, 0.05) is 5.56 Å². The molecule has 2 aromatic heterocycles. The summed E-state index contributed by atoms with van der Waals surface area (Å²) in [6.45, 7) is 4.05. The molecule has 0 fully saturated rings. The van der Waals surface area contributed by atoms with Crippen LogP contribution < -0.4 is 5.32 Å². The Morgan fingerprint density at radius 3 is 2.55 bits per heavy atom. The zero-order chi connectivity index (χ0) is 20.4. The first-order valence-corrected chi connectivity index (χ1v) is 9.39. The van der Waals surface area contributed by atoms with E-state index in [0.717, 1.165) is 17.5 Å². The normalized spacial score (nSPS) is 12.1. The van der Waals surface area contributed by atoms with Crippen molar-refractivity contribution in [2.24, 2.45) is 0 Å². The number of nitrogens with one attached hydrogen (secondary N) is 1. The lowest BCUT2D eigenvalue weighted by Gasteiger charge is -2.18. The van der Waals surface area contributed by atoms with Crippen molar-refractivity contribution in [3.63, 3.8) is 0 Å². The Balaban J connectivity index is 1.70. The molecular formula is C22H20FN5O. The molecule has 0 saturated heterocycles. The van der Waals surface area contributed by atoms with Gasteiger partial charge in [-0.05, 0) is 49.2 Å². The summed E-state index contributed by atoms with van der Waals surface area (Å²) in [6, 6.07) is 15.6. The van der Waals surface area contributed by atoms with Gasteiger partial charge in [-0.3, -0.25) is 4.79 Å². The summed E-state index contributed by atoms with van der Waals surface area (Å²) in [7, 11) is 0. The Morgan fingerprint density at radius 1 is 1.14 bits per heavy atom. The summed E-state index contributed by atoms with van der Waals surface area (Å²) in [5.74, 6) is -0.307. The molecule has 0 saturated carbocycles. The maximum Gasteiger partial charge on any atom is 0.270 e. The van der Waals surface area contributed by atoms with Crippen molar-refractivity contribution in [2.45, 2.75) is 26.3 Å². The quantitative estimate of drug-likeness (QED) is 0.557. The Hall–Kier alpha value is -3.61. The average Bonchev–Trinajstić information content (AvgIpc) is 3.21. The predicted octanol–water partition coefficient (Wildman–Crippen LogP) is 4.12. The molecule has 0 bridgehead atoms. The third-order valence-corrected chi connectivity index (χ3v) is 4.82. The number of amides is 1. The topological polar surface area (TPSA) is 72.2 Å². The Morgan fingerprint density at radius 2 is 1.86 bits per heavy atom. The van der Waals surface area contributed by atoms with Gasteiger partial charge in [0.25, 0.3) is 11.7 Å². The highest BCUT2D eigenvalue weighted by atomic mass is 19.1. The first kappa shape index (κ1) is 18.7. The molecule has 7 heteroatoms. The SMILES string of the molecule is CC[C@H](NC(=O)c1cc(-c2ccc(F)cc2)nc2ncnn12)c1ccc(C)cc1. The number of nitrogens with zero attached hydrogens (tertiary/aromatic N) is 4. The zero-order valence-corrected chi connectivity index (χ0v) is 16.1. The fourth-order valence-electron chi connectivity index (χ4n) is 3.19. The number of carbonyl (C=O) groups excluding carboxylic acids is 1. The van der Waals surface area contributed by atoms with E-state index in [1.165, 1.54) is 23.0 Å². The highest BCUT2D eigenvalue weighted by Gasteiger charge is 2.19. The first-order chi connectivity index (χ1) is 14.0. The highest BCUT2D eigenvalue weighted by molar-refractivity contribution is 5.94. The van der Waals surface area contributed by atoms with Crippen molar-refractivity contribution in [2.75, 3.05) is 0 Å². The standard InChI is InChI=1S/C22H20FN5O/c1-3-18(15-6-4-14(2)5-7-15)26-21(29)20-12-19(16-8-10-17(23)11-9-16)27-22-24-13-25-28(20)22/h4-13,18H,3H2,1-2H3,(H,26,29)/t18-/m0/s1. The van der Waals surface area contributed by atoms with Crippen LogP contribution in [-0.4, -0.2) is 25.5 Å². The maximum absolute atomic E-state index is 13.3. The summed E-state index contributed by atoms with van der Waals surface area (Å²) in [5.41, 5.74) is 3.74. The third kappa shape index (κ3) is 3.85. The lowest BCUT2D eigenvalue weighted by atomic mass is 10.0. The van der Waals surface area contributed by atoms with Gasteiger partial charge in [0.15, 0.2) is 0 Å². The lowest BCUT2D eigenvalue weighted by Crippen LogP contribution is -2.30. The van der Waals surface area contributed by atoms with Crippen molar-refractivity contribution in [3.8, 4) is 11.3 Å². The van der Waals surface area contributed by atoms with E-state index in [0.29, 0.717) is 22.7 Å². The minimum atomic E-state index is -0.334. The smallest absolute Gasteiger partial charge is 0.270 e. The van der Waals surface area contributed by atoms with Crippen LogP contribution in [0.5, 0.6) is 0 Å². The summed E-state index contributed by atoms with van der Waals surface area (Å²) in [6.07, 6.45) is 2.09. The second kappa shape index (κ2) is 7.79. The number of hydrogen-bond acceptors (Lipinski definition) is 4. The fraction of sp³-hybridized carbons (Fsp3) is 0.182. The van der Waals surface area contributed by atoms with E-state index in [1.54, 1.807) is 18.2 Å². The molecule has 2 aromatic carbocycles. The highest BCUT2D eigenvalue weighted by Crippen LogP contribution is 2.21. The van der Waals surface area contributed by atoms with E-state index in [-0.39, 0.29) is 17.8 Å². The van der Waals surface area contributed by atoms with Crippen molar-refractivity contribution >= 4 is 11.7 Å². The third-order valence-electron chi connectivity index (χ3n) is 4.82. The molecule has 4 aromatic rings. The molecule has 0 aliphatic carbocycles.